The highest BCUT2D eigenvalue weighted by Gasteiger charge is 2.44. The minimum absolute atomic E-state index is 0.112. The third kappa shape index (κ3) is 5.47. The second-order valence-electron chi connectivity index (χ2n) is 8.97. The van der Waals surface area contributed by atoms with Crippen molar-refractivity contribution in [1.29, 1.82) is 0 Å². The van der Waals surface area contributed by atoms with E-state index in [1.807, 2.05) is 48.5 Å². The van der Waals surface area contributed by atoms with Crippen molar-refractivity contribution in [1.82, 2.24) is 4.31 Å². The first kappa shape index (κ1) is 27.7. The Bertz CT molecular complexity index is 1460. The quantitative estimate of drug-likeness (QED) is 0.201. The van der Waals surface area contributed by atoms with E-state index < -0.39 is 49.6 Å². The number of hydrogen-bond donors (Lipinski definition) is 2. The first-order chi connectivity index (χ1) is 18.7. The highest BCUT2D eigenvalue weighted by Crippen LogP contribution is 2.44. The molecule has 0 radical (unpaired) electrons. The van der Waals surface area contributed by atoms with Crippen LogP contribution < -0.4 is 5.73 Å². The standard InChI is InChI=1S/C27H27N3O8S/c28-16-8-7-14-24(26(31)32)29(39(36,37)25-15-6-5-13-23(25)30(34)35)27(33)38-17-22-20-11-3-1-9-18(20)19-10-2-4-12-21(19)22/h1-6,9-13,15,22,24H,7-8,14,16-17,28H2,(H,31,32)/t24-/m0/s1. The highest BCUT2D eigenvalue weighted by molar-refractivity contribution is 7.89. The number of sulfonamides is 1. The van der Waals surface area contributed by atoms with Crippen molar-refractivity contribution in [2.45, 2.75) is 36.1 Å². The smallest absolute Gasteiger partial charge is 0.424 e. The number of nitrogens with two attached hydrogens (primary N) is 1. The van der Waals surface area contributed by atoms with E-state index in [1.165, 1.54) is 12.1 Å². The fourth-order valence-corrected chi connectivity index (χ4v) is 6.45. The molecular weight excluding hydrogens is 526 g/mol. The summed E-state index contributed by atoms with van der Waals surface area (Å²) < 4.78 is 33.0. The largest absolute Gasteiger partial charge is 0.480 e. The summed E-state index contributed by atoms with van der Waals surface area (Å²) in [5.41, 5.74) is 8.36. The second kappa shape index (κ2) is 11.6. The summed E-state index contributed by atoms with van der Waals surface area (Å²) in [6.07, 6.45) is -1.10. The van der Waals surface area contributed by atoms with Gasteiger partial charge in [-0.05, 0) is 54.1 Å². The van der Waals surface area contributed by atoms with E-state index in [4.69, 9.17) is 10.5 Å². The summed E-state index contributed by atoms with van der Waals surface area (Å²) in [7, 11) is -5.02. The minimum Gasteiger partial charge on any atom is -0.480 e. The van der Waals surface area contributed by atoms with Gasteiger partial charge in [0, 0.05) is 12.0 Å². The van der Waals surface area contributed by atoms with Gasteiger partial charge in [-0.1, -0.05) is 60.7 Å². The number of nitrogens with zero attached hydrogens (tertiary/aromatic N) is 2. The molecule has 39 heavy (non-hydrogen) atoms. The molecule has 0 aromatic heterocycles. The number of unbranched alkanes of at least 4 members (excludes halogenated alkanes) is 1. The summed E-state index contributed by atoms with van der Waals surface area (Å²) in [6, 6.07) is 17.6. The van der Waals surface area contributed by atoms with Gasteiger partial charge in [-0.3, -0.25) is 10.1 Å². The number of carbonyl (C=O) groups is 2. The lowest BCUT2D eigenvalue weighted by Gasteiger charge is -2.28. The Hall–Kier alpha value is -4.29. The summed E-state index contributed by atoms with van der Waals surface area (Å²) in [5.74, 6) is -2.01. The zero-order valence-electron chi connectivity index (χ0n) is 20.8. The van der Waals surface area contributed by atoms with E-state index in [1.54, 1.807) is 0 Å². The van der Waals surface area contributed by atoms with Crippen LogP contribution in [-0.4, -0.2) is 54.0 Å². The first-order valence-electron chi connectivity index (χ1n) is 12.2. The lowest BCUT2D eigenvalue weighted by molar-refractivity contribution is -0.387. The van der Waals surface area contributed by atoms with Crippen LogP contribution in [0.2, 0.25) is 0 Å². The van der Waals surface area contributed by atoms with Gasteiger partial charge in [0.15, 0.2) is 4.90 Å². The number of nitro benzene ring substituents is 1. The number of ether oxygens (including phenoxy) is 1. The van der Waals surface area contributed by atoms with Gasteiger partial charge in [0.05, 0.1) is 4.92 Å². The topological polar surface area (TPSA) is 170 Å². The number of hydrogen-bond acceptors (Lipinski definition) is 8. The first-order valence-corrected chi connectivity index (χ1v) is 13.7. The zero-order valence-corrected chi connectivity index (χ0v) is 21.6. The lowest BCUT2D eigenvalue weighted by atomic mass is 9.98. The van der Waals surface area contributed by atoms with Crippen LogP contribution in [0.1, 0.15) is 36.3 Å². The molecule has 11 nitrogen and oxygen atoms in total. The number of carbonyl (C=O) groups excluding carboxylic acids is 1. The monoisotopic (exact) mass is 553 g/mol. The number of para-hydroxylation sites is 1. The van der Waals surface area contributed by atoms with Crippen molar-refractivity contribution < 1.29 is 32.8 Å². The van der Waals surface area contributed by atoms with E-state index in [0.29, 0.717) is 6.42 Å². The maximum atomic E-state index is 13.7. The number of rotatable bonds is 11. The molecule has 12 heteroatoms. The molecule has 0 saturated heterocycles. The molecule has 204 valence electrons. The molecule has 3 aromatic rings. The maximum Gasteiger partial charge on any atom is 0.424 e. The summed E-state index contributed by atoms with van der Waals surface area (Å²) >= 11 is 0. The van der Waals surface area contributed by atoms with Gasteiger partial charge < -0.3 is 15.6 Å². The van der Waals surface area contributed by atoms with Gasteiger partial charge in [0.2, 0.25) is 0 Å². The van der Waals surface area contributed by atoms with Crippen LogP contribution in [0.3, 0.4) is 0 Å². The summed E-state index contributed by atoms with van der Waals surface area (Å²) in [6.45, 7) is -0.0426. The minimum atomic E-state index is -5.02. The molecule has 0 saturated carbocycles. The second-order valence-corrected chi connectivity index (χ2v) is 10.8. The van der Waals surface area contributed by atoms with Crippen molar-refractivity contribution in [3.63, 3.8) is 0 Å². The van der Waals surface area contributed by atoms with Crippen molar-refractivity contribution in [2.24, 2.45) is 5.73 Å². The maximum absolute atomic E-state index is 13.7. The molecule has 0 fully saturated rings. The van der Waals surface area contributed by atoms with Crippen LogP contribution in [0, 0.1) is 10.1 Å². The molecule has 4 rings (SSSR count). The molecule has 0 unspecified atom stereocenters. The molecule has 0 spiro atoms. The summed E-state index contributed by atoms with van der Waals surface area (Å²) in [5, 5.41) is 21.5. The van der Waals surface area contributed by atoms with Crippen LogP contribution in [0.15, 0.2) is 77.7 Å². The molecule has 3 N–H and O–H groups in total. The number of fused-ring (bicyclic) bond motifs is 3. The Morgan fingerprint density at radius 1 is 0.974 bits per heavy atom. The predicted octanol–water partition coefficient (Wildman–Crippen LogP) is 4.12. The lowest BCUT2D eigenvalue weighted by Crippen LogP contribution is -2.49. The van der Waals surface area contributed by atoms with E-state index in [0.717, 1.165) is 34.4 Å². The van der Waals surface area contributed by atoms with Crippen molar-refractivity contribution >= 4 is 27.8 Å². The van der Waals surface area contributed by atoms with Gasteiger partial charge in [-0.2, -0.15) is 4.31 Å². The molecule has 0 heterocycles. The molecule has 3 aromatic carbocycles. The van der Waals surface area contributed by atoms with Crippen molar-refractivity contribution in [3.05, 3.63) is 94.0 Å². The molecule has 1 aliphatic carbocycles. The Morgan fingerprint density at radius 2 is 1.54 bits per heavy atom. The number of carboxylic acids is 1. The molecule has 0 aliphatic heterocycles. The number of carboxylic acid groups (broad SMARTS) is 1. The normalized spacial score (nSPS) is 13.3. The van der Waals surface area contributed by atoms with Crippen LogP contribution >= 0.6 is 0 Å². The van der Waals surface area contributed by atoms with Crippen LogP contribution in [0.25, 0.3) is 11.1 Å². The van der Waals surface area contributed by atoms with Crippen LogP contribution in [-0.2, 0) is 19.6 Å². The average molecular weight is 554 g/mol. The number of benzene rings is 3. The Morgan fingerprint density at radius 3 is 2.10 bits per heavy atom. The van der Waals surface area contributed by atoms with Gasteiger partial charge in [-0.25, -0.2) is 18.0 Å². The Kier molecular flexibility index (Phi) is 8.27. The molecule has 0 bridgehead atoms. The van der Waals surface area contributed by atoms with Crippen LogP contribution in [0.5, 0.6) is 0 Å². The van der Waals surface area contributed by atoms with Gasteiger partial charge in [0.1, 0.15) is 12.6 Å². The average Bonchev–Trinajstić information content (AvgIpc) is 3.24. The Balaban J connectivity index is 1.71. The fourth-order valence-electron chi connectivity index (χ4n) is 4.81. The highest BCUT2D eigenvalue weighted by atomic mass is 32.2. The van der Waals surface area contributed by atoms with Crippen molar-refractivity contribution in [2.75, 3.05) is 13.2 Å². The Labute approximate surface area is 225 Å². The number of nitro groups is 1. The number of amides is 1. The molecule has 1 amide bonds. The zero-order chi connectivity index (χ0) is 28.2. The van der Waals surface area contributed by atoms with Gasteiger partial charge in [0.25, 0.3) is 15.7 Å². The van der Waals surface area contributed by atoms with Crippen molar-refractivity contribution in [3.8, 4) is 11.1 Å². The van der Waals surface area contributed by atoms with E-state index in [2.05, 4.69) is 0 Å². The third-order valence-electron chi connectivity index (χ3n) is 6.61. The molecular formula is C27H27N3O8S. The van der Waals surface area contributed by atoms with E-state index >= 15 is 0 Å². The van der Waals surface area contributed by atoms with Gasteiger partial charge in [-0.15, -0.1) is 0 Å². The third-order valence-corrected chi connectivity index (χ3v) is 8.44. The summed E-state index contributed by atoms with van der Waals surface area (Å²) in [4.78, 5) is 35.6. The van der Waals surface area contributed by atoms with E-state index in [9.17, 15) is 33.2 Å². The van der Waals surface area contributed by atoms with E-state index in [-0.39, 0.29) is 30.3 Å². The predicted molar refractivity (Wildman–Crippen MR) is 142 cm³/mol. The number of aliphatic carboxylic acids is 1. The molecule has 1 atom stereocenters. The SMILES string of the molecule is NCCCC[C@@H](C(=O)O)N(C(=O)OCC1c2ccccc2-c2ccccc21)S(=O)(=O)c1ccccc1[N+](=O)[O-]. The molecule has 1 aliphatic rings. The van der Waals surface area contributed by atoms with Gasteiger partial charge >= 0.3 is 12.1 Å². The fraction of sp³-hybridized carbons (Fsp3) is 0.259. The van der Waals surface area contributed by atoms with Crippen LogP contribution in [0.4, 0.5) is 10.5 Å².